The van der Waals surface area contributed by atoms with Gasteiger partial charge in [-0.25, -0.2) is 9.64 Å². The Kier molecular flexibility index (Phi) is 8.94. The zero-order chi connectivity index (χ0) is 30.5. The van der Waals surface area contributed by atoms with Crippen molar-refractivity contribution in [3.63, 3.8) is 0 Å². The highest BCUT2D eigenvalue weighted by Crippen LogP contribution is 2.38. The molecule has 3 aromatic carbocycles. The molecule has 1 saturated heterocycles. The second kappa shape index (κ2) is 12.3. The molecule has 0 atom stereocenters. The Bertz CT molecular complexity index is 1490. The summed E-state index contributed by atoms with van der Waals surface area (Å²) in [6.45, 7) is 13.7. The van der Waals surface area contributed by atoms with E-state index in [4.69, 9.17) is 21.3 Å². The number of nitrogens with zero attached hydrogens (tertiary/aromatic N) is 3. The number of rotatable bonds is 6. The molecule has 0 N–H and O–H groups in total. The number of piperidine rings is 1. The van der Waals surface area contributed by atoms with Crippen molar-refractivity contribution in [1.82, 2.24) is 4.90 Å². The predicted molar refractivity (Wildman–Crippen MR) is 153 cm³/mol. The molecule has 0 spiro atoms. The SMILES string of the molecule is [C-]#[N+]c1ccc(C2(COCc3cc(-c4ccc(C#N)cc4)cc(C(F)(F)F)c3)CCN(C(=O)OC(C)(C)C)CC2)cc1. The predicted octanol–water partition coefficient (Wildman–Crippen LogP) is 8.28. The summed E-state index contributed by atoms with van der Waals surface area (Å²) < 4.78 is 53.1. The van der Waals surface area contributed by atoms with E-state index < -0.39 is 22.8 Å². The minimum absolute atomic E-state index is 0.0507. The number of carbonyl (C=O) groups is 1. The average molecular weight is 576 g/mol. The zero-order valence-corrected chi connectivity index (χ0v) is 23.8. The Hall–Kier alpha value is -4.34. The topological polar surface area (TPSA) is 66.9 Å². The molecule has 1 heterocycles. The van der Waals surface area contributed by atoms with Gasteiger partial charge in [0.25, 0.3) is 0 Å². The molecule has 0 saturated carbocycles. The van der Waals surface area contributed by atoms with Crippen LogP contribution in [0.1, 0.15) is 55.9 Å². The van der Waals surface area contributed by atoms with E-state index in [1.54, 1.807) is 47.4 Å². The molecule has 1 aliphatic heterocycles. The lowest BCUT2D eigenvalue weighted by atomic mass is 9.73. The highest BCUT2D eigenvalue weighted by Gasteiger charge is 2.39. The van der Waals surface area contributed by atoms with E-state index in [1.165, 1.54) is 0 Å². The van der Waals surface area contributed by atoms with Crippen molar-refractivity contribution in [2.45, 2.75) is 57.4 Å². The largest absolute Gasteiger partial charge is 0.444 e. The van der Waals surface area contributed by atoms with Gasteiger partial charge in [0.05, 0.1) is 37.0 Å². The molecule has 9 heteroatoms. The number of hydrogen-bond acceptors (Lipinski definition) is 4. The average Bonchev–Trinajstić information content (AvgIpc) is 2.96. The third-order valence-corrected chi connectivity index (χ3v) is 7.30. The molecule has 0 aromatic heterocycles. The van der Waals surface area contributed by atoms with Crippen LogP contribution in [-0.2, 0) is 27.7 Å². The maximum Gasteiger partial charge on any atom is 0.416 e. The van der Waals surface area contributed by atoms with Crippen LogP contribution < -0.4 is 0 Å². The Morgan fingerprint density at radius 2 is 1.64 bits per heavy atom. The van der Waals surface area contributed by atoms with Gasteiger partial charge in [-0.15, -0.1) is 0 Å². The third-order valence-electron chi connectivity index (χ3n) is 7.30. The highest BCUT2D eigenvalue weighted by atomic mass is 19.4. The van der Waals surface area contributed by atoms with Gasteiger partial charge < -0.3 is 14.4 Å². The van der Waals surface area contributed by atoms with Gasteiger partial charge in [-0.05, 0) is 86.2 Å². The molecular formula is C33H32F3N3O3. The minimum atomic E-state index is -4.54. The lowest BCUT2D eigenvalue weighted by Crippen LogP contribution is -2.48. The van der Waals surface area contributed by atoms with Gasteiger partial charge in [-0.1, -0.05) is 36.4 Å². The number of likely N-dealkylation sites (tertiary alicyclic amines) is 1. The standard InChI is InChI=1S/C33H32F3N3O3/c1-31(2,3)42-30(40)39-15-13-32(14-16-39,27-9-11-29(38-4)12-10-27)22-41-21-24-17-26(19-28(18-24)33(34,35)36)25-7-5-23(20-37)6-8-25/h5-12,17-19H,13-16,21-22H2,1-3H3. The molecule has 0 aliphatic carbocycles. The van der Waals surface area contributed by atoms with Crippen LogP contribution in [0.3, 0.4) is 0 Å². The van der Waals surface area contributed by atoms with Crippen molar-refractivity contribution in [2.24, 2.45) is 0 Å². The van der Waals surface area contributed by atoms with Crippen LogP contribution in [0.25, 0.3) is 16.0 Å². The van der Waals surface area contributed by atoms with E-state index in [-0.39, 0.29) is 19.3 Å². The third kappa shape index (κ3) is 7.48. The molecule has 1 fully saturated rings. The van der Waals surface area contributed by atoms with Gasteiger partial charge in [0.1, 0.15) is 5.60 Å². The summed E-state index contributed by atoms with van der Waals surface area (Å²) in [7, 11) is 0. The molecular weight excluding hydrogens is 543 g/mol. The smallest absolute Gasteiger partial charge is 0.416 e. The van der Waals surface area contributed by atoms with E-state index >= 15 is 0 Å². The highest BCUT2D eigenvalue weighted by molar-refractivity contribution is 5.68. The molecule has 42 heavy (non-hydrogen) atoms. The molecule has 1 aliphatic rings. The van der Waals surface area contributed by atoms with E-state index in [1.807, 2.05) is 39.0 Å². The number of alkyl halides is 3. The molecule has 0 bridgehead atoms. The van der Waals surface area contributed by atoms with Crippen LogP contribution in [0.15, 0.2) is 66.7 Å². The van der Waals surface area contributed by atoms with Crippen LogP contribution in [0, 0.1) is 17.9 Å². The summed E-state index contributed by atoms with van der Waals surface area (Å²) in [5.41, 5.74) is 1.27. The quantitative estimate of drug-likeness (QED) is 0.278. The van der Waals surface area contributed by atoms with Crippen molar-refractivity contribution >= 4 is 11.8 Å². The van der Waals surface area contributed by atoms with E-state index in [9.17, 15) is 18.0 Å². The van der Waals surface area contributed by atoms with Gasteiger partial charge >= 0.3 is 12.3 Å². The zero-order valence-electron chi connectivity index (χ0n) is 23.8. The van der Waals surface area contributed by atoms with Gasteiger partial charge in [-0.3, -0.25) is 0 Å². The number of amides is 1. The summed E-state index contributed by atoms with van der Waals surface area (Å²) in [4.78, 5) is 17.8. The Morgan fingerprint density at radius 3 is 2.19 bits per heavy atom. The lowest BCUT2D eigenvalue weighted by molar-refractivity contribution is -0.137. The van der Waals surface area contributed by atoms with Crippen molar-refractivity contribution in [2.75, 3.05) is 19.7 Å². The number of nitriles is 1. The van der Waals surface area contributed by atoms with Crippen molar-refractivity contribution in [1.29, 1.82) is 5.26 Å². The molecule has 4 rings (SSSR count). The van der Waals surface area contributed by atoms with Crippen LogP contribution in [0.2, 0.25) is 0 Å². The summed E-state index contributed by atoms with van der Waals surface area (Å²) in [5, 5.41) is 9.06. The summed E-state index contributed by atoms with van der Waals surface area (Å²) >= 11 is 0. The summed E-state index contributed by atoms with van der Waals surface area (Å²) in [5.74, 6) is 0. The van der Waals surface area contributed by atoms with Gasteiger partial charge in [0.15, 0.2) is 5.69 Å². The van der Waals surface area contributed by atoms with Gasteiger partial charge in [0.2, 0.25) is 0 Å². The number of benzene rings is 3. The maximum atomic E-state index is 13.8. The number of ether oxygens (including phenoxy) is 2. The molecule has 0 unspecified atom stereocenters. The molecule has 3 aromatic rings. The normalized spacial score (nSPS) is 15.0. The van der Waals surface area contributed by atoms with Crippen LogP contribution in [0.5, 0.6) is 0 Å². The van der Waals surface area contributed by atoms with Crippen LogP contribution >= 0.6 is 0 Å². The van der Waals surface area contributed by atoms with Gasteiger partial charge in [0, 0.05) is 18.5 Å². The number of hydrogen-bond donors (Lipinski definition) is 0. The molecule has 6 nitrogen and oxygen atoms in total. The van der Waals surface area contributed by atoms with Gasteiger partial charge in [-0.2, -0.15) is 18.4 Å². The van der Waals surface area contributed by atoms with Crippen molar-refractivity contribution in [3.8, 4) is 17.2 Å². The molecule has 0 radical (unpaired) electrons. The molecule has 1 amide bonds. The summed E-state index contributed by atoms with van der Waals surface area (Å²) in [6.07, 6.45) is -3.82. The fraction of sp³-hybridized carbons (Fsp3) is 0.364. The first kappa shape index (κ1) is 30.6. The number of halogens is 3. The van der Waals surface area contributed by atoms with Crippen molar-refractivity contribution < 1.29 is 27.4 Å². The van der Waals surface area contributed by atoms with Crippen molar-refractivity contribution in [3.05, 3.63) is 100 Å². The van der Waals surface area contributed by atoms with Crippen LogP contribution in [0.4, 0.5) is 23.7 Å². The van der Waals surface area contributed by atoms with E-state index in [0.717, 1.165) is 17.7 Å². The number of carbonyl (C=O) groups excluding carboxylic acids is 1. The fourth-order valence-electron chi connectivity index (χ4n) is 5.06. The fourth-order valence-corrected chi connectivity index (χ4v) is 5.06. The van der Waals surface area contributed by atoms with Crippen LogP contribution in [-0.4, -0.2) is 36.3 Å². The van der Waals surface area contributed by atoms with E-state index in [0.29, 0.717) is 53.9 Å². The maximum absolute atomic E-state index is 13.8. The Labute approximate surface area is 244 Å². The lowest BCUT2D eigenvalue weighted by Gasteiger charge is -2.42. The second-order valence-electron chi connectivity index (χ2n) is 11.5. The first-order valence-corrected chi connectivity index (χ1v) is 13.6. The minimum Gasteiger partial charge on any atom is -0.444 e. The van der Waals surface area contributed by atoms with E-state index in [2.05, 4.69) is 4.85 Å². The first-order valence-electron chi connectivity index (χ1n) is 13.6. The second-order valence-corrected chi connectivity index (χ2v) is 11.5. The Morgan fingerprint density at radius 1 is 1.00 bits per heavy atom. The summed E-state index contributed by atoms with van der Waals surface area (Å²) in [6, 6.07) is 19.5. The molecule has 218 valence electrons. The monoisotopic (exact) mass is 575 g/mol. The Balaban J connectivity index is 1.56. The first-order chi connectivity index (χ1) is 19.8.